The van der Waals surface area contributed by atoms with Gasteiger partial charge in [0.2, 0.25) is 0 Å². The van der Waals surface area contributed by atoms with E-state index in [9.17, 15) is 0 Å². The van der Waals surface area contributed by atoms with Gasteiger partial charge in [-0.15, -0.1) is 0 Å². The molecule has 0 bridgehead atoms. The van der Waals surface area contributed by atoms with Crippen molar-refractivity contribution in [2.75, 3.05) is 30.4 Å². The largest absolute Gasteiger partial charge is 0.404 e. The standard InChI is InChI=1S/C22H29N8P/c1-22(2,17-7-8-18-15(10-17)6-5-9-27-18)30(25)21-20(24)28-13-19(29-21)16(11-23)12-26-14-31(3)4/h5-13H,14,23,25H2,1-4H3,(H2,24,28). The molecule has 0 aliphatic rings. The molecule has 9 heteroatoms. The van der Waals surface area contributed by atoms with Crippen molar-refractivity contribution in [3.8, 4) is 0 Å². The molecular weight excluding hydrogens is 407 g/mol. The van der Waals surface area contributed by atoms with Gasteiger partial charge in [0.25, 0.3) is 0 Å². The van der Waals surface area contributed by atoms with E-state index in [2.05, 4.69) is 39.3 Å². The first kappa shape index (κ1) is 22.6. The Hall–Kier alpha value is -3.09. The molecule has 0 saturated carbocycles. The van der Waals surface area contributed by atoms with Gasteiger partial charge in [0.15, 0.2) is 11.6 Å². The molecule has 3 rings (SSSR count). The molecule has 0 aliphatic heterocycles. The number of aromatic nitrogens is 3. The second-order valence-electron chi connectivity index (χ2n) is 7.96. The van der Waals surface area contributed by atoms with Gasteiger partial charge in [-0.05, 0) is 50.9 Å². The van der Waals surface area contributed by atoms with Crippen LogP contribution in [0.5, 0.6) is 0 Å². The number of hydrogen-bond acceptors (Lipinski definition) is 8. The molecule has 2 aromatic heterocycles. The molecule has 0 radical (unpaired) electrons. The Morgan fingerprint density at radius 2 is 2.00 bits per heavy atom. The summed E-state index contributed by atoms with van der Waals surface area (Å²) in [5.74, 6) is 7.16. The highest BCUT2D eigenvalue weighted by Gasteiger charge is 2.30. The fourth-order valence-electron chi connectivity index (χ4n) is 3.06. The molecule has 162 valence electrons. The molecule has 31 heavy (non-hydrogen) atoms. The number of hydrogen-bond donors (Lipinski definition) is 3. The summed E-state index contributed by atoms with van der Waals surface area (Å²) in [7, 11) is -0.135. The molecule has 0 saturated heterocycles. The Balaban J connectivity index is 1.96. The van der Waals surface area contributed by atoms with Crippen LogP contribution in [-0.4, -0.2) is 40.8 Å². The average molecular weight is 437 g/mol. The molecule has 0 amide bonds. The number of anilines is 2. The highest BCUT2D eigenvalue weighted by molar-refractivity contribution is 7.55. The molecule has 8 nitrogen and oxygen atoms in total. The van der Waals surface area contributed by atoms with Crippen LogP contribution in [0.25, 0.3) is 16.5 Å². The fraction of sp³-hybridized carbons (Fsp3) is 0.273. The van der Waals surface area contributed by atoms with Gasteiger partial charge in [0, 0.05) is 29.6 Å². The van der Waals surface area contributed by atoms with Crippen molar-refractivity contribution in [3.05, 3.63) is 60.2 Å². The van der Waals surface area contributed by atoms with Gasteiger partial charge >= 0.3 is 0 Å². The Morgan fingerprint density at radius 3 is 2.71 bits per heavy atom. The Labute approximate surface area is 184 Å². The Bertz CT molecular complexity index is 1120. The van der Waals surface area contributed by atoms with Crippen LogP contribution < -0.4 is 22.3 Å². The SMILES string of the molecule is CP(C)CN=CC(=CN)c1cnc(N)c(N(N)C(C)(C)c2ccc3ncccc3c2)n1. The minimum atomic E-state index is -0.619. The summed E-state index contributed by atoms with van der Waals surface area (Å²) in [5, 5.41) is 2.57. The third-order valence-electron chi connectivity index (χ3n) is 4.99. The monoisotopic (exact) mass is 436 g/mol. The van der Waals surface area contributed by atoms with Crippen LogP contribution in [0.1, 0.15) is 25.1 Å². The number of benzene rings is 1. The Kier molecular flexibility index (Phi) is 6.83. The van der Waals surface area contributed by atoms with E-state index in [1.54, 1.807) is 23.6 Å². The van der Waals surface area contributed by atoms with Gasteiger partial charge in [-0.25, -0.2) is 15.8 Å². The molecule has 0 atom stereocenters. The summed E-state index contributed by atoms with van der Waals surface area (Å²) in [4.78, 5) is 17.8. The molecule has 6 N–H and O–H groups in total. The smallest absolute Gasteiger partial charge is 0.187 e. The molecular formula is C22H29N8P. The first-order valence-electron chi connectivity index (χ1n) is 9.83. The van der Waals surface area contributed by atoms with E-state index >= 15 is 0 Å². The van der Waals surface area contributed by atoms with E-state index < -0.39 is 5.54 Å². The van der Waals surface area contributed by atoms with E-state index in [-0.39, 0.29) is 13.7 Å². The first-order valence-corrected chi connectivity index (χ1v) is 12.3. The Morgan fingerprint density at radius 1 is 1.23 bits per heavy atom. The summed E-state index contributed by atoms with van der Waals surface area (Å²) in [6, 6.07) is 9.99. The topological polar surface area (TPSA) is 132 Å². The third kappa shape index (κ3) is 4.98. The number of rotatable bonds is 7. The summed E-state index contributed by atoms with van der Waals surface area (Å²) >= 11 is 0. The van der Waals surface area contributed by atoms with Crippen LogP contribution in [0.15, 0.2) is 53.9 Å². The predicted molar refractivity (Wildman–Crippen MR) is 132 cm³/mol. The van der Waals surface area contributed by atoms with Crippen molar-refractivity contribution in [2.45, 2.75) is 19.4 Å². The lowest BCUT2D eigenvalue weighted by Crippen LogP contribution is -2.48. The number of fused-ring (bicyclic) bond motifs is 1. The van der Waals surface area contributed by atoms with Crippen molar-refractivity contribution in [1.82, 2.24) is 15.0 Å². The third-order valence-corrected chi connectivity index (χ3v) is 5.72. The van der Waals surface area contributed by atoms with Crippen molar-refractivity contribution < 1.29 is 0 Å². The maximum atomic E-state index is 6.55. The van der Waals surface area contributed by atoms with Gasteiger partial charge < -0.3 is 11.5 Å². The molecule has 0 spiro atoms. The van der Waals surface area contributed by atoms with Gasteiger partial charge in [-0.3, -0.25) is 15.0 Å². The van der Waals surface area contributed by atoms with Crippen LogP contribution in [-0.2, 0) is 5.54 Å². The van der Waals surface area contributed by atoms with E-state index in [1.165, 1.54) is 6.20 Å². The summed E-state index contributed by atoms with van der Waals surface area (Å²) in [6.07, 6.45) is 7.29. The second kappa shape index (κ2) is 9.37. The van der Waals surface area contributed by atoms with Crippen LogP contribution in [0, 0.1) is 0 Å². The van der Waals surface area contributed by atoms with Crippen molar-refractivity contribution in [3.63, 3.8) is 0 Å². The highest BCUT2D eigenvalue weighted by atomic mass is 31.1. The molecule has 0 unspecified atom stereocenters. The second-order valence-corrected chi connectivity index (χ2v) is 10.4. The quantitative estimate of drug-likeness (QED) is 0.224. The minimum Gasteiger partial charge on any atom is -0.404 e. The van der Waals surface area contributed by atoms with Crippen molar-refractivity contribution in [1.29, 1.82) is 0 Å². The average Bonchev–Trinajstić information content (AvgIpc) is 2.76. The zero-order valence-corrected chi connectivity index (χ0v) is 19.2. The predicted octanol–water partition coefficient (Wildman–Crippen LogP) is 3.29. The summed E-state index contributed by atoms with van der Waals surface area (Å²) in [5.41, 5.74) is 14.5. The van der Waals surface area contributed by atoms with Crippen molar-refractivity contribution >= 4 is 42.2 Å². The normalized spacial score (nSPS) is 12.8. The van der Waals surface area contributed by atoms with E-state index in [0.717, 1.165) is 22.8 Å². The van der Waals surface area contributed by atoms with E-state index in [1.807, 2.05) is 38.1 Å². The minimum absolute atomic E-state index is 0.135. The van der Waals surface area contributed by atoms with Crippen LogP contribution >= 0.6 is 7.92 Å². The van der Waals surface area contributed by atoms with Crippen LogP contribution in [0.2, 0.25) is 0 Å². The number of allylic oxidation sites excluding steroid dienone is 1. The molecule has 3 aromatic rings. The van der Waals surface area contributed by atoms with Gasteiger partial charge in [0.1, 0.15) is 0 Å². The lowest BCUT2D eigenvalue weighted by molar-refractivity contribution is 0.486. The van der Waals surface area contributed by atoms with Gasteiger partial charge in [-0.2, -0.15) is 0 Å². The highest BCUT2D eigenvalue weighted by Crippen LogP contribution is 2.33. The molecule has 0 aliphatic carbocycles. The lowest BCUT2D eigenvalue weighted by Gasteiger charge is -2.36. The summed E-state index contributed by atoms with van der Waals surface area (Å²) < 4.78 is 0. The fourth-order valence-corrected chi connectivity index (χ4v) is 3.47. The zero-order chi connectivity index (χ0) is 22.6. The van der Waals surface area contributed by atoms with Gasteiger partial charge in [-0.1, -0.05) is 20.1 Å². The van der Waals surface area contributed by atoms with Crippen LogP contribution in [0.4, 0.5) is 11.6 Å². The first-order chi connectivity index (χ1) is 14.7. The number of nitrogens with zero attached hydrogens (tertiary/aromatic N) is 5. The lowest BCUT2D eigenvalue weighted by atomic mass is 9.92. The van der Waals surface area contributed by atoms with Gasteiger partial charge in [0.05, 0.1) is 29.2 Å². The summed E-state index contributed by atoms with van der Waals surface area (Å²) in [6.45, 7) is 8.34. The molecule has 1 aromatic carbocycles. The number of hydrazine groups is 1. The maximum absolute atomic E-state index is 6.55. The zero-order valence-electron chi connectivity index (χ0n) is 18.3. The van der Waals surface area contributed by atoms with Crippen LogP contribution in [0.3, 0.4) is 0 Å². The number of nitrogen functional groups attached to an aromatic ring is 1. The number of aliphatic imine (C=N–C) groups is 1. The van der Waals surface area contributed by atoms with E-state index in [4.69, 9.17) is 17.3 Å². The maximum Gasteiger partial charge on any atom is 0.187 e. The number of pyridine rings is 1. The van der Waals surface area contributed by atoms with Crippen molar-refractivity contribution in [2.24, 2.45) is 16.6 Å². The molecule has 0 fully saturated rings. The number of nitrogens with two attached hydrogens (primary N) is 3. The van der Waals surface area contributed by atoms with E-state index in [0.29, 0.717) is 17.1 Å². The molecule has 2 heterocycles.